The molecule has 1 fully saturated rings. The molecule has 0 bridgehead atoms. The molecular weight excluding hydrogens is 234 g/mol. The molecule has 18 heavy (non-hydrogen) atoms. The van der Waals surface area contributed by atoms with Gasteiger partial charge in [-0.1, -0.05) is 6.92 Å². The van der Waals surface area contributed by atoms with Gasteiger partial charge >= 0.3 is 12.1 Å². The summed E-state index contributed by atoms with van der Waals surface area (Å²) in [7, 11) is 0. The summed E-state index contributed by atoms with van der Waals surface area (Å²) in [6.07, 6.45) is 0.254. The van der Waals surface area contributed by atoms with E-state index in [9.17, 15) is 14.7 Å². The van der Waals surface area contributed by atoms with Gasteiger partial charge in [0.15, 0.2) is 0 Å². The number of carbonyl (C=O) groups excluding carboxylic acids is 1. The number of nitrogens with zero attached hydrogens (tertiary/aromatic N) is 1. The fraction of sp³-hybridized carbons (Fsp3) is 0.846. The first kappa shape index (κ1) is 14.8. The van der Waals surface area contributed by atoms with Crippen LogP contribution in [0, 0.1) is 11.3 Å². The van der Waals surface area contributed by atoms with Gasteiger partial charge in [0, 0.05) is 13.1 Å². The van der Waals surface area contributed by atoms with Gasteiger partial charge in [-0.25, -0.2) is 4.79 Å². The van der Waals surface area contributed by atoms with Crippen molar-refractivity contribution in [3.8, 4) is 0 Å². The molecule has 1 saturated heterocycles. The van der Waals surface area contributed by atoms with E-state index in [1.807, 2.05) is 6.92 Å². The molecule has 0 aromatic carbocycles. The minimum Gasteiger partial charge on any atom is -0.481 e. The maximum Gasteiger partial charge on any atom is 0.410 e. The first-order valence-corrected chi connectivity index (χ1v) is 6.27. The van der Waals surface area contributed by atoms with Crippen LogP contribution in [0.2, 0.25) is 0 Å². The number of likely N-dealkylation sites (tertiary alicyclic amines) is 1. The third-order valence-corrected chi connectivity index (χ3v) is 3.58. The smallest absolute Gasteiger partial charge is 0.410 e. The van der Waals surface area contributed by atoms with Crippen LogP contribution in [-0.2, 0) is 9.53 Å². The molecular formula is C13H23NO4. The second-order valence-electron chi connectivity index (χ2n) is 6.31. The Morgan fingerprint density at radius 1 is 1.39 bits per heavy atom. The van der Waals surface area contributed by atoms with E-state index in [0.717, 1.165) is 0 Å². The van der Waals surface area contributed by atoms with Gasteiger partial charge in [-0.3, -0.25) is 4.79 Å². The van der Waals surface area contributed by atoms with Gasteiger partial charge < -0.3 is 14.7 Å². The standard InChI is InChI=1S/C13H23NO4/c1-9-6-7-14(8-13(9,5)10(15)16)11(17)18-12(2,3)4/h9H,6-8H2,1-5H3,(H,15,16)/t9?,13-/m1/s1. The fourth-order valence-corrected chi connectivity index (χ4v) is 2.06. The van der Waals surface area contributed by atoms with E-state index in [0.29, 0.717) is 13.0 Å². The van der Waals surface area contributed by atoms with Gasteiger partial charge in [-0.05, 0) is 40.0 Å². The molecule has 0 aromatic heterocycles. The Morgan fingerprint density at radius 2 is 1.94 bits per heavy atom. The van der Waals surface area contributed by atoms with Gasteiger partial charge in [0.2, 0.25) is 0 Å². The Morgan fingerprint density at radius 3 is 2.39 bits per heavy atom. The monoisotopic (exact) mass is 257 g/mol. The van der Waals surface area contributed by atoms with E-state index in [2.05, 4.69) is 0 Å². The average Bonchev–Trinajstić information content (AvgIpc) is 2.19. The summed E-state index contributed by atoms with van der Waals surface area (Å²) in [5.74, 6) is -0.808. The Labute approximate surface area is 108 Å². The van der Waals surface area contributed by atoms with Crippen molar-refractivity contribution >= 4 is 12.1 Å². The molecule has 0 aromatic rings. The van der Waals surface area contributed by atoms with Crippen molar-refractivity contribution in [1.29, 1.82) is 0 Å². The van der Waals surface area contributed by atoms with Gasteiger partial charge in [0.1, 0.15) is 5.60 Å². The molecule has 5 heteroatoms. The molecule has 104 valence electrons. The highest BCUT2D eigenvalue weighted by molar-refractivity contribution is 5.77. The van der Waals surface area contributed by atoms with E-state index >= 15 is 0 Å². The minimum absolute atomic E-state index is 0.0497. The first-order valence-electron chi connectivity index (χ1n) is 6.27. The van der Waals surface area contributed by atoms with Crippen LogP contribution in [0.3, 0.4) is 0 Å². The number of piperidine rings is 1. The summed E-state index contributed by atoms with van der Waals surface area (Å²) in [4.78, 5) is 24.8. The highest BCUT2D eigenvalue weighted by atomic mass is 16.6. The number of carbonyl (C=O) groups is 2. The van der Waals surface area contributed by atoms with Crippen LogP contribution in [0.15, 0.2) is 0 Å². The molecule has 1 aliphatic heterocycles. The number of hydrogen-bond donors (Lipinski definition) is 1. The third-order valence-electron chi connectivity index (χ3n) is 3.58. The van der Waals surface area contributed by atoms with E-state index in [-0.39, 0.29) is 12.5 Å². The van der Waals surface area contributed by atoms with Crippen LogP contribution in [0.5, 0.6) is 0 Å². The van der Waals surface area contributed by atoms with Crippen LogP contribution in [0.4, 0.5) is 4.79 Å². The summed E-state index contributed by atoms with van der Waals surface area (Å²) in [6.45, 7) is 9.77. The first-order chi connectivity index (χ1) is 8.06. The summed E-state index contributed by atoms with van der Waals surface area (Å²) in [5, 5.41) is 9.32. The second-order valence-corrected chi connectivity index (χ2v) is 6.31. The number of ether oxygens (including phenoxy) is 1. The number of rotatable bonds is 1. The highest BCUT2D eigenvalue weighted by Crippen LogP contribution is 2.35. The number of aliphatic carboxylic acids is 1. The highest BCUT2D eigenvalue weighted by Gasteiger charge is 2.45. The summed E-state index contributed by atoms with van der Waals surface area (Å²) in [5.41, 5.74) is -1.45. The molecule has 5 nitrogen and oxygen atoms in total. The zero-order chi connectivity index (χ0) is 14.1. The van der Waals surface area contributed by atoms with Gasteiger partial charge in [0.25, 0.3) is 0 Å². The van der Waals surface area contributed by atoms with Gasteiger partial charge in [-0.2, -0.15) is 0 Å². The lowest BCUT2D eigenvalue weighted by atomic mass is 9.73. The number of carboxylic acid groups (broad SMARTS) is 1. The molecule has 1 aliphatic rings. The van der Waals surface area contributed by atoms with Crippen molar-refractivity contribution in [1.82, 2.24) is 4.90 Å². The molecule has 0 aliphatic carbocycles. The molecule has 0 spiro atoms. The molecule has 1 N–H and O–H groups in total. The zero-order valence-corrected chi connectivity index (χ0v) is 11.8. The number of carboxylic acids is 1. The molecule has 1 heterocycles. The lowest BCUT2D eigenvalue weighted by molar-refractivity contribution is -0.154. The van der Waals surface area contributed by atoms with Crippen LogP contribution in [-0.4, -0.2) is 40.8 Å². The average molecular weight is 257 g/mol. The van der Waals surface area contributed by atoms with Gasteiger partial charge in [0.05, 0.1) is 5.41 Å². The molecule has 2 atom stereocenters. The number of amides is 1. The van der Waals surface area contributed by atoms with Gasteiger partial charge in [-0.15, -0.1) is 0 Å². The van der Waals surface area contributed by atoms with Crippen molar-refractivity contribution < 1.29 is 19.4 Å². The lowest BCUT2D eigenvalue weighted by Crippen LogP contribution is -2.53. The van der Waals surface area contributed by atoms with Crippen LogP contribution >= 0.6 is 0 Å². The second kappa shape index (κ2) is 4.78. The molecule has 1 amide bonds. The van der Waals surface area contributed by atoms with Crippen LogP contribution in [0.25, 0.3) is 0 Å². The topological polar surface area (TPSA) is 66.8 Å². The number of hydrogen-bond acceptors (Lipinski definition) is 3. The van der Waals surface area contributed by atoms with Crippen molar-refractivity contribution in [2.24, 2.45) is 11.3 Å². The fourth-order valence-electron chi connectivity index (χ4n) is 2.06. The normalized spacial score (nSPS) is 28.9. The predicted octanol–water partition coefficient (Wildman–Crippen LogP) is 2.35. The lowest BCUT2D eigenvalue weighted by Gasteiger charge is -2.42. The van der Waals surface area contributed by atoms with Crippen molar-refractivity contribution in [2.45, 2.75) is 46.6 Å². The molecule has 0 radical (unpaired) electrons. The molecule has 1 unspecified atom stereocenters. The summed E-state index contributed by atoms with van der Waals surface area (Å²) in [6, 6.07) is 0. The predicted molar refractivity (Wildman–Crippen MR) is 67.3 cm³/mol. The van der Waals surface area contributed by atoms with Crippen LogP contribution < -0.4 is 0 Å². The van der Waals surface area contributed by atoms with E-state index in [1.54, 1.807) is 27.7 Å². The van der Waals surface area contributed by atoms with E-state index in [1.165, 1.54) is 4.90 Å². The minimum atomic E-state index is -0.894. The van der Waals surface area contributed by atoms with Crippen LogP contribution in [0.1, 0.15) is 41.0 Å². The largest absolute Gasteiger partial charge is 0.481 e. The molecule has 0 saturated carbocycles. The summed E-state index contributed by atoms with van der Waals surface area (Å²) >= 11 is 0. The Kier molecular flexibility index (Phi) is 3.93. The SMILES string of the molecule is CC1CCN(C(=O)OC(C)(C)C)C[C@@]1(C)C(=O)O. The third kappa shape index (κ3) is 3.15. The summed E-state index contributed by atoms with van der Waals surface area (Å²) < 4.78 is 5.28. The van der Waals surface area contributed by atoms with E-state index < -0.39 is 23.1 Å². The van der Waals surface area contributed by atoms with Crippen molar-refractivity contribution in [3.63, 3.8) is 0 Å². The Hall–Kier alpha value is -1.26. The maximum atomic E-state index is 11.9. The molecule has 1 rings (SSSR count). The Balaban J connectivity index is 2.77. The quantitative estimate of drug-likeness (QED) is 0.783. The van der Waals surface area contributed by atoms with Crippen molar-refractivity contribution in [2.75, 3.05) is 13.1 Å². The van der Waals surface area contributed by atoms with E-state index in [4.69, 9.17) is 4.74 Å². The Bertz CT molecular complexity index is 347. The maximum absolute atomic E-state index is 11.9. The zero-order valence-electron chi connectivity index (χ0n) is 11.8. The van der Waals surface area contributed by atoms with Crippen molar-refractivity contribution in [3.05, 3.63) is 0 Å².